The van der Waals surface area contributed by atoms with Crippen molar-refractivity contribution in [3.63, 3.8) is 0 Å². The third-order valence-electron chi connectivity index (χ3n) is 3.01. The molecule has 128 valence electrons. The number of hydrogen-bond acceptors (Lipinski definition) is 4. The number of aliphatic carboxylic acids is 1. The monoisotopic (exact) mass is 323 g/mol. The number of carboxylic acids is 1. The van der Waals surface area contributed by atoms with Crippen molar-refractivity contribution < 1.29 is 24.2 Å². The van der Waals surface area contributed by atoms with Crippen LogP contribution in [0.5, 0.6) is 0 Å². The number of rotatable bonds is 10. The Hall–Kier alpha value is -2.21. The summed E-state index contributed by atoms with van der Waals surface area (Å²) in [6.45, 7) is 12.3. The first kappa shape index (κ1) is 20.8. The summed E-state index contributed by atoms with van der Waals surface area (Å²) in [7, 11) is 0. The van der Waals surface area contributed by atoms with Crippen molar-refractivity contribution in [3.05, 3.63) is 36.0 Å². The molecule has 0 heterocycles. The summed E-state index contributed by atoms with van der Waals surface area (Å²) in [5.41, 5.74) is 0.440. The molecule has 6 nitrogen and oxygen atoms in total. The molecular weight excluding hydrogens is 298 g/mol. The number of carbonyl (C=O) groups excluding carboxylic acids is 2. The van der Waals surface area contributed by atoms with Gasteiger partial charge in [-0.2, -0.15) is 0 Å². The minimum Gasteiger partial charge on any atom is -0.478 e. The van der Waals surface area contributed by atoms with Crippen molar-refractivity contribution >= 4 is 17.8 Å². The van der Waals surface area contributed by atoms with Gasteiger partial charge in [0.05, 0.1) is 0 Å². The predicted octanol–water partition coefficient (Wildman–Crippen LogP) is 2.67. The Morgan fingerprint density at radius 3 is 2.26 bits per heavy atom. The number of ether oxygens (including phenoxy) is 1. The molecule has 23 heavy (non-hydrogen) atoms. The Bertz CT molecular complexity index is 519. The van der Waals surface area contributed by atoms with Gasteiger partial charge in [0.1, 0.15) is 6.73 Å². The molecule has 0 aliphatic carbocycles. The molecule has 0 aromatic heterocycles. The molecule has 0 aliphatic heterocycles. The highest BCUT2D eigenvalue weighted by Crippen LogP contribution is 2.10. The molecule has 0 unspecified atom stereocenters. The summed E-state index contributed by atoms with van der Waals surface area (Å²) in [4.78, 5) is 36.1. The van der Waals surface area contributed by atoms with Crippen LogP contribution < -0.4 is 0 Å². The Kier molecular flexibility index (Phi) is 9.50. The molecule has 0 rings (SSSR count). The molecule has 0 bridgehead atoms. The molecule has 6 heteroatoms. The molecule has 0 aromatic carbocycles. The van der Waals surface area contributed by atoms with Crippen LogP contribution in [0, 0.1) is 0 Å². The van der Waals surface area contributed by atoms with Gasteiger partial charge in [-0.05, 0) is 26.7 Å². The number of carbonyl (C=O) groups is 3. The molecule has 0 spiro atoms. The van der Waals surface area contributed by atoms with E-state index in [1.807, 2.05) is 6.92 Å². The summed E-state index contributed by atoms with van der Waals surface area (Å²) in [5, 5.41) is 8.76. The summed E-state index contributed by atoms with van der Waals surface area (Å²) in [6, 6.07) is 0. The molecule has 1 N–H and O–H groups in total. The van der Waals surface area contributed by atoms with Gasteiger partial charge >= 0.3 is 5.97 Å². The van der Waals surface area contributed by atoms with Gasteiger partial charge in [-0.15, -0.1) is 0 Å². The van der Waals surface area contributed by atoms with Crippen LogP contribution in [-0.2, 0) is 19.1 Å². The standard InChI is InChI=1S/C17H25NO5/c1-6-7-10-23-11-18(15(19)12(2)3)16(20)13(4)8-9-14(5)17(21)22/h8H,2,5-7,9-11H2,1,3-4H3,(H,21,22). The van der Waals surface area contributed by atoms with Crippen molar-refractivity contribution in [1.82, 2.24) is 4.90 Å². The zero-order valence-electron chi connectivity index (χ0n) is 14.1. The Labute approximate surface area is 137 Å². The Balaban J connectivity index is 4.99. The molecule has 0 saturated heterocycles. The van der Waals surface area contributed by atoms with Crippen molar-refractivity contribution in [3.8, 4) is 0 Å². The second kappa shape index (κ2) is 10.5. The second-order valence-electron chi connectivity index (χ2n) is 5.21. The van der Waals surface area contributed by atoms with E-state index >= 15 is 0 Å². The summed E-state index contributed by atoms with van der Waals surface area (Å²) in [6.07, 6.45) is 3.23. The van der Waals surface area contributed by atoms with E-state index in [-0.39, 0.29) is 29.9 Å². The average Bonchev–Trinajstić information content (AvgIpc) is 2.50. The smallest absolute Gasteiger partial charge is 0.331 e. The number of unbranched alkanes of at least 4 members (excludes halogenated alkanes) is 1. The molecule has 0 aliphatic rings. The van der Waals surface area contributed by atoms with Crippen LogP contribution in [0.4, 0.5) is 0 Å². The van der Waals surface area contributed by atoms with Crippen molar-refractivity contribution in [2.75, 3.05) is 13.3 Å². The van der Waals surface area contributed by atoms with Gasteiger partial charge in [0.25, 0.3) is 11.8 Å². The topological polar surface area (TPSA) is 83.9 Å². The summed E-state index contributed by atoms with van der Waals surface area (Å²) in [5.74, 6) is -2.18. The van der Waals surface area contributed by atoms with Gasteiger partial charge in [0, 0.05) is 23.3 Å². The van der Waals surface area contributed by atoms with Crippen LogP contribution in [0.25, 0.3) is 0 Å². The zero-order valence-corrected chi connectivity index (χ0v) is 14.1. The highest BCUT2D eigenvalue weighted by Gasteiger charge is 2.23. The van der Waals surface area contributed by atoms with Gasteiger partial charge in [-0.25, -0.2) is 4.79 Å². The van der Waals surface area contributed by atoms with Gasteiger partial charge in [0.15, 0.2) is 0 Å². The van der Waals surface area contributed by atoms with E-state index in [1.165, 1.54) is 19.9 Å². The minimum absolute atomic E-state index is 0.0265. The van der Waals surface area contributed by atoms with E-state index in [0.29, 0.717) is 6.61 Å². The number of carboxylic acid groups (broad SMARTS) is 1. The zero-order chi connectivity index (χ0) is 18.0. The largest absolute Gasteiger partial charge is 0.478 e. The molecule has 0 aromatic rings. The van der Waals surface area contributed by atoms with E-state index in [0.717, 1.165) is 17.7 Å². The third-order valence-corrected chi connectivity index (χ3v) is 3.01. The minimum atomic E-state index is -1.13. The maximum absolute atomic E-state index is 12.4. The van der Waals surface area contributed by atoms with E-state index in [9.17, 15) is 14.4 Å². The summed E-state index contributed by atoms with van der Waals surface area (Å²) < 4.78 is 5.35. The maximum atomic E-state index is 12.4. The van der Waals surface area contributed by atoms with Crippen LogP contribution in [-0.4, -0.2) is 41.1 Å². The van der Waals surface area contributed by atoms with Gasteiger partial charge in [-0.3, -0.25) is 14.5 Å². The van der Waals surface area contributed by atoms with Crippen LogP contribution in [0.3, 0.4) is 0 Å². The number of allylic oxidation sites excluding steroid dienone is 1. The second-order valence-corrected chi connectivity index (χ2v) is 5.21. The fraction of sp³-hybridized carbons (Fsp3) is 0.471. The van der Waals surface area contributed by atoms with E-state index < -0.39 is 17.8 Å². The van der Waals surface area contributed by atoms with Crippen molar-refractivity contribution in [2.24, 2.45) is 0 Å². The first-order valence-electron chi connectivity index (χ1n) is 7.39. The molecule has 0 atom stereocenters. The van der Waals surface area contributed by atoms with E-state index in [1.54, 1.807) is 0 Å². The number of amides is 2. The van der Waals surface area contributed by atoms with Crippen molar-refractivity contribution in [1.29, 1.82) is 0 Å². The van der Waals surface area contributed by atoms with Crippen molar-refractivity contribution in [2.45, 2.75) is 40.0 Å². The first-order valence-corrected chi connectivity index (χ1v) is 7.39. The van der Waals surface area contributed by atoms with Gasteiger partial charge in [-0.1, -0.05) is 32.6 Å². The molecule has 0 saturated carbocycles. The number of hydrogen-bond donors (Lipinski definition) is 1. The number of imide groups is 1. The maximum Gasteiger partial charge on any atom is 0.331 e. The summed E-state index contributed by atoms with van der Waals surface area (Å²) >= 11 is 0. The normalized spacial score (nSPS) is 11.0. The molecule has 0 fully saturated rings. The van der Waals surface area contributed by atoms with Gasteiger partial charge < -0.3 is 9.84 Å². The lowest BCUT2D eigenvalue weighted by Crippen LogP contribution is -2.39. The lowest BCUT2D eigenvalue weighted by molar-refractivity contribution is -0.146. The molecular formula is C17H25NO5. The fourth-order valence-corrected chi connectivity index (χ4v) is 1.51. The van der Waals surface area contributed by atoms with Crippen LogP contribution in [0.1, 0.15) is 40.0 Å². The highest BCUT2D eigenvalue weighted by atomic mass is 16.5. The SMILES string of the molecule is C=C(C)C(=O)N(COCCCC)C(=O)C(C)=CCC(=C)C(=O)O. The quantitative estimate of drug-likeness (QED) is 0.379. The lowest BCUT2D eigenvalue weighted by atomic mass is 10.1. The van der Waals surface area contributed by atoms with Crippen LogP contribution in [0.15, 0.2) is 36.0 Å². The highest BCUT2D eigenvalue weighted by molar-refractivity contribution is 6.09. The number of nitrogens with zero attached hydrogens (tertiary/aromatic N) is 1. The first-order chi connectivity index (χ1) is 10.7. The third kappa shape index (κ3) is 7.56. The lowest BCUT2D eigenvalue weighted by Gasteiger charge is -2.21. The van der Waals surface area contributed by atoms with Gasteiger partial charge in [0.2, 0.25) is 0 Å². The van der Waals surface area contributed by atoms with E-state index in [2.05, 4.69) is 13.2 Å². The van der Waals surface area contributed by atoms with E-state index in [4.69, 9.17) is 9.84 Å². The Morgan fingerprint density at radius 1 is 1.17 bits per heavy atom. The van der Waals surface area contributed by atoms with Crippen LogP contribution in [0.2, 0.25) is 0 Å². The Morgan fingerprint density at radius 2 is 1.78 bits per heavy atom. The fourth-order valence-electron chi connectivity index (χ4n) is 1.51. The average molecular weight is 323 g/mol. The molecule has 2 amide bonds. The van der Waals surface area contributed by atoms with Crippen LogP contribution >= 0.6 is 0 Å². The molecule has 0 radical (unpaired) electrons. The predicted molar refractivity (Wildman–Crippen MR) is 87.5 cm³/mol.